The molecule has 0 amide bonds. The van der Waals surface area contributed by atoms with E-state index in [0.717, 1.165) is 31.1 Å². The van der Waals surface area contributed by atoms with Crippen LogP contribution in [0, 0.1) is 0 Å². The highest BCUT2D eigenvalue weighted by atomic mass is 16.5. The molecule has 1 atom stereocenters. The lowest BCUT2D eigenvalue weighted by Crippen LogP contribution is -2.22. The van der Waals surface area contributed by atoms with Gasteiger partial charge in [0, 0.05) is 31.2 Å². The van der Waals surface area contributed by atoms with Crippen molar-refractivity contribution < 1.29 is 9.84 Å². The average Bonchev–Trinajstić information content (AvgIpc) is 3.10. The van der Waals surface area contributed by atoms with Gasteiger partial charge in [-0.2, -0.15) is 4.98 Å². The third kappa shape index (κ3) is 5.05. The maximum Gasteiger partial charge on any atom is 0.224 e. The lowest BCUT2D eigenvalue weighted by molar-refractivity contribution is 0.193. The van der Waals surface area contributed by atoms with E-state index in [0.29, 0.717) is 24.5 Å². The Balaban J connectivity index is 1.72. The topological polar surface area (TPSA) is 79.3 Å². The molecule has 1 saturated heterocycles. The first kappa shape index (κ1) is 17.4. The fourth-order valence-electron chi connectivity index (χ4n) is 3.57. The SMILES string of the molecule is OCCNc1nc(NC2CCCCCCC2)cc([C@H]2CCOC2)n1. The molecule has 0 bridgehead atoms. The summed E-state index contributed by atoms with van der Waals surface area (Å²) in [5.74, 6) is 1.85. The minimum Gasteiger partial charge on any atom is -0.395 e. The Hall–Kier alpha value is -1.40. The van der Waals surface area contributed by atoms with Crippen molar-refractivity contribution in [1.82, 2.24) is 9.97 Å². The van der Waals surface area contributed by atoms with Crippen molar-refractivity contribution in [3.63, 3.8) is 0 Å². The summed E-state index contributed by atoms with van der Waals surface area (Å²) >= 11 is 0. The Morgan fingerprint density at radius 1 is 1.08 bits per heavy atom. The monoisotopic (exact) mass is 334 g/mol. The van der Waals surface area contributed by atoms with Crippen LogP contribution in [0.5, 0.6) is 0 Å². The van der Waals surface area contributed by atoms with Crippen LogP contribution >= 0.6 is 0 Å². The second-order valence-electron chi connectivity index (χ2n) is 6.90. The van der Waals surface area contributed by atoms with Crippen LogP contribution < -0.4 is 10.6 Å². The second-order valence-corrected chi connectivity index (χ2v) is 6.90. The van der Waals surface area contributed by atoms with Crippen LogP contribution in [0.4, 0.5) is 11.8 Å². The zero-order chi connectivity index (χ0) is 16.6. The minimum absolute atomic E-state index is 0.0749. The predicted octanol–water partition coefficient (Wildman–Crippen LogP) is 2.91. The van der Waals surface area contributed by atoms with E-state index in [4.69, 9.17) is 9.84 Å². The van der Waals surface area contributed by atoms with Crippen LogP contribution in [0.15, 0.2) is 6.07 Å². The number of aliphatic hydroxyl groups is 1. The summed E-state index contributed by atoms with van der Waals surface area (Å²) in [4.78, 5) is 9.23. The number of rotatable bonds is 6. The van der Waals surface area contributed by atoms with E-state index in [9.17, 15) is 0 Å². The number of anilines is 2. The van der Waals surface area contributed by atoms with Gasteiger partial charge in [0.15, 0.2) is 0 Å². The van der Waals surface area contributed by atoms with Crippen LogP contribution in [-0.2, 0) is 4.74 Å². The van der Waals surface area contributed by atoms with Crippen molar-refractivity contribution in [2.75, 3.05) is 37.0 Å². The third-order valence-electron chi connectivity index (χ3n) is 4.95. The maximum atomic E-state index is 9.04. The van der Waals surface area contributed by atoms with Gasteiger partial charge in [0.25, 0.3) is 0 Å². The molecule has 0 unspecified atom stereocenters. The number of hydrogen-bond acceptors (Lipinski definition) is 6. The van der Waals surface area contributed by atoms with Gasteiger partial charge in [-0.1, -0.05) is 32.1 Å². The standard InChI is InChI=1S/C18H30N4O2/c23-10-9-19-18-21-16(14-8-11-24-13-14)12-17(22-18)20-15-6-4-2-1-3-5-7-15/h12,14-15,23H,1-11,13H2,(H2,19,20,21,22)/t14-/m0/s1. The first-order valence-corrected chi connectivity index (χ1v) is 9.43. The molecule has 1 aliphatic heterocycles. The summed E-state index contributed by atoms with van der Waals surface area (Å²) in [7, 11) is 0. The van der Waals surface area contributed by atoms with Crippen molar-refractivity contribution in [2.45, 2.75) is 63.3 Å². The van der Waals surface area contributed by atoms with E-state index in [2.05, 4.69) is 26.7 Å². The highest BCUT2D eigenvalue weighted by Crippen LogP contribution is 2.27. The highest BCUT2D eigenvalue weighted by molar-refractivity contribution is 5.44. The molecule has 24 heavy (non-hydrogen) atoms. The van der Waals surface area contributed by atoms with E-state index in [1.54, 1.807) is 0 Å². The second kappa shape index (κ2) is 9.18. The maximum absolute atomic E-state index is 9.04. The van der Waals surface area contributed by atoms with E-state index in [1.807, 2.05) is 0 Å². The smallest absolute Gasteiger partial charge is 0.224 e. The number of nitrogens with zero attached hydrogens (tertiary/aromatic N) is 2. The van der Waals surface area contributed by atoms with Crippen LogP contribution in [0.3, 0.4) is 0 Å². The van der Waals surface area contributed by atoms with Crippen molar-refractivity contribution in [3.8, 4) is 0 Å². The van der Waals surface area contributed by atoms with E-state index in [1.165, 1.54) is 44.9 Å². The van der Waals surface area contributed by atoms with E-state index >= 15 is 0 Å². The summed E-state index contributed by atoms with van der Waals surface area (Å²) in [5.41, 5.74) is 1.04. The number of aliphatic hydroxyl groups excluding tert-OH is 1. The quantitative estimate of drug-likeness (QED) is 0.742. The zero-order valence-corrected chi connectivity index (χ0v) is 14.5. The van der Waals surface area contributed by atoms with Gasteiger partial charge in [-0.15, -0.1) is 0 Å². The summed E-state index contributed by atoms with van der Waals surface area (Å²) in [5, 5.41) is 15.8. The third-order valence-corrected chi connectivity index (χ3v) is 4.95. The van der Waals surface area contributed by atoms with Gasteiger partial charge in [-0.25, -0.2) is 4.98 Å². The molecule has 0 aromatic carbocycles. The van der Waals surface area contributed by atoms with Crippen LogP contribution in [0.1, 0.15) is 63.0 Å². The van der Waals surface area contributed by atoms with E-state index < -0.39 is 0 Å². The fraction of sp³-hybridized carbons (Fsp3) is 0.778. The molecule has 1 aromatic heterocycles. The van der Waals surface area contributed by atoms with Crippen molar-refractivity contribution in [1.29, 1.82) is 0 Å². The molecule has 1 aliphatic carbocycles. The Morgan fingerprint density at radius 2 is 1.88 bits per heavy atom. The first-order valence-electron chi connectivity index (χ1n) is 9.43. The summed E-state index contributed by atoms with van der Waals surface area (Å²) < 4.78 is 5.51. The average molecular weight is 334 g/mol. The molecule has 3 N–H and O–H groups in total. The lowest BCUT2D eigenvalue weighted by atomic mass is 9.96. The van der Waals surface area contributed by atoms with Gasteiger partial charge in [0.2, 0.25) is 5.95 Å². The van der Waals surface area contributed by atoms with Crippen molar-refractivity contribution >= 4 is 11.8 Å². The molecule has 0 radical (unpaired) electrons. The van der Waals surface area contributed by atoms with Crippen LogP contribution in [0.2, 0.25) is 0 Å². The van der Waals surface area contributed by atoms with Gasteiger partial charge < -0.3 is 20.5 Å². The molecule has 2 fully saturated rings. The molecule has 1 aromatic rings. The summed E-state index contributed by atoms with van der Waals surface area (Å²) in [6, 6.07) is 2.58. The van der Waals surface area contributed by atoms with Gasteiger partial charge >= 0.3 is 0 Å². The normalized spacial score (nSPS) is 22.8. The molecule has 0 spiro atoms. The number of hydrogen-bond donors (Lipinski definition) is 3. The molecular formula is C18H30N4O2. The number of aromatic nitrogens is 2. The highest BCUT2D eigenvalue weighted by Gasteiger charge is 2.21. The minimum atomic E-state index is 0.0749. The molecule has 6 nitrogen and oxygen atoms in total. The fourth-order valence-corrected chi connectivity index (χ4v) is 3.57. The van der Waals surface area contributed by atoms with Crippen molar-refractivity contribution in [2.24, 2.45) is 0 Å². The van der Waals surface area contributed by atoms with Gasteiger partial charge in [0.05, 0.1) is 18.9 Å². The Bertz CT molecular complexity index is 498. The summed E-state index contributed by atoms with van der Waals surface area (Å²) in [6.45, 7) is 2.08. The molecule has 6 heteroatoms. The van der Waals surface area contributed by atoms with Gasteiger partial charge in [0.1, 0.15) is 5.82 Å². The lowest BCUT2D eigenvalue weighted by Gasteiger charge is -2.22. The molecule has 3 rings (SSSR count). The molecule has 1 saturated carbocycles. The van der Waals surface area contributed by atoms with Gasteiger partial charge in [-0.05, 0) is 19.3 Å². The van der Waals surface area contributed by atoms with Crippen LogP contribution in [0.25, 0.3) is 0 Å². The Kier molecular flexibility index (Phi) is 6.66. The largest absolute Gasteiger partial charge is 0.395 e. The van der Waals surface area contributed by atoms with Crippen molar-refractivity contribution in [3.05, 3.63) is 11.8 Å². The zero-order valence-electron chi connectivity index (χ0n) is 14.5. The molecule has 2 heterocycles. The molecule has 134 valence electrons. The van der Waals surface area contributed by atoms with E-state index in [-0.39, 0.29) is 6.61 Å². The molecule has 2 aliphatic rings. The Labute approximate surface area is 144 Å². The number of ether oxygens (including phenoxy) is 1. The summed E-state index contributed by atoms with van der Waals surface area (Å²) in [6.07, 6.45) is 10.1. The predicted molar refractivity (Wildman–Crippen MR) is 95.5 cm³/mol. The van der Waals surface area contributed by atoms with Gasteiger partial charge in [-0.3, -0.25) is 0 Å². The van der Waals surface area contributed by atoms with Crippen LogP contribution in [-0.4, -0.2) is 47.5 Å². The number of nitrogens with one attached hydrogen (secondary N) is 2. The Morgan fingerprint density at radius 3 is 2.58 bits per heavy atom. The first-order chi connectivity index (χ1) is 11.8. The molecular weight excluding hydrogens is 304 g/mol.